The SMILES string of the molecule is C=CCn1c(SCC(=O)c2cccc([N+](=O)[O-])c2)nnc1C(C)NC(=O)c1cccc(Cl)c1. The number of nitrogens with one attached hydrogen (secondary N) is 1. The average Bonchev–Trinajstić information content (AvgIpc) is 3.20. The van der Waals surface area contributed by atoms with Gasteiger partial charge in [0.15, 0.2) is 16.8 Å². The van der Waals surface area contributed by atoms with Crippen LogP contribution in [0.25, 0.3) is 0 Å². The van der Waals surface area contributed by atoms with E-state index in [1.165, 1.54) is 24.3 Å². The van der Waals surface area contributed by atoms with E-state index in [0.29, 0.717) is 28.1 Å². The molecule has 1 N–H and O–H groups in total. The molecule has 2 aromatic carbocycles. The van der Waals surface area contributed by atoms with Gasteiger partial charge < -0.3 is 9.88 Å². The van der Waals surface area contributed by atoms with Gasteiger partial charge in [0, 0.05) is 34.8 Å². The summed E-state index contributed by atoms with van der Waals surface area (Å²) in [5.41, 5.74) is 0.516. The Balaban J connectivity index is 1.72. The van der Waals surface area contributed by atoms with Crippen molar-refractivity contribution in [2.24, 2.45) is 0 Å². The van der Waals surface area contributed by atoms with Gasteiger partial charge in [0.1, 0.15) is 0 Å². The maximum Gasteiger partial charge on any atom is 0.270 e. The third-order valence-electron chi connectivity index (χ3n) is 4.59. The van der Waals surface area contributed by atoms with Crippen LogP contribution >= 0.6 is 23.4 Å². The summed E-state index contributed by atoms with van der Waals surface area (Å²) in [6.07, 6.45) is 1.66. The maximum absolute atomic E-state index is 12.6. The Hall–Kier alpha value is -3.50. The van der Waals surface area contributed by atoms with Crippen molar-refractivity contribution in [3.8, 4) is 0 Å². The number of ketones is 1. The Morgan fingerprint density at radius 1 is 1.24 bits per heavy atom. The topological polar surface area (TPSA) is 120 Å². The minimum Gasteiger partial charge on any atom is -0.342 e. The van der Waals surface area contributed by atoms with Crippen LogP contribution in [-0.4, -0.2) is 37.1 Å². The molecule has 1 atom stereocenters. The number of aromatic nitrogens is 3. The normalized spacial score (nSPS) is 11.6. The number of Topliss-reactive ketones (excluding diaryl/α,β-unsaturated/α-hetero) is 1. The number of nitro groups is 1. The molecule has 1 unspecified atom stereocenters. The fraction of sp³-hybridized carbons (Fsp3) is 0.182. The molecule has 1 amide bonds. The highest BCUT2D eigenvalue weighted by molar-refractivity contribution is 7.99. The number of hydrogen-bond acceptors (Lipinski definition) is 7. The number of allylic oxidation sites excluding steroid dienone is 1. The molecule has 33 heavy (non-hydrogen) atoms. The first kappa shape index (κ1) is 24.1. The molecule has 0 aliphatic heterocycles. The number of rotatable bonds is 10. The maximum atomic E-state index is 12.6. The van der Waals surface area contributed by atoms with Gasteiger partial charge >= 0.3 is 0 Å². The molecule has 3 rings (SSSR count). The molecule has 0 bridgehead atoms. The van der Waals surface area contributed by atoms with Crippen molar-refractivity contribution in [1.29, 1.82) is 0 Å². The van der Waals surface area contributed by atoms with Gasteiger partial charge in [-0.15, -0.1) is 16.8 Å². The van der Waals surface area contributed by atoms with Gasteiger partial charge in [0.2, 0.25) is 0 Å². The number of non-ortho nitro benzene ring substituents is 1. The molecule has 0 saturated heterocycles. The zero-order valence-electron chi connectivity index (χ0n) is 17.6. The second kappa shape index (κ2) is 10.9. The largest absolute Gasteiger partial charge is 0.342 e. The molecule has 11 heteroatoms. The van der Waals surface area contributed by atoms with Gasteiger partial charge in [-0.2, -0.15) is 0 Å². The first-order valence-corrected chi connectivity index (χ1v) is 11.2. The van der Waals surface area contributed by atoms with Crippen molar-refractivity contribution in [2.45, 2.75) is 24.7 Å². The molecule has 0 aliphatic rings. The smallest absolute Gasteiger partial charge is 0.270 e. The van der Waals surface area contributed by atoms with Crippen LogP contribution in [0.1, 0.15) is 39.5 Å². The molecule has 1 heterocycles. The second-order valence-corrected chi connectivity index (χ2v) is 8.34. The fourth-order valence-electron chi connectivity index (χ4n) is 3.01. The minimum absolute atomic E-state index is 0.0136. The monoisotopic (exact) mass is 485 g/mol. The first-order valence-electron chi connectivity index (χ1n) is 9.81. The van der Waals surface area contributed by atoms with E-state index in [4.69, 9.17) is 11.6 Å². The van der Waals surface area contributed by atoms with Gasteiger partial charge in [-0.1, -0.05) is 47.6 Å². The molecule has 1 aromatic heterocycles. The Bertz CT molecular complexity index is 1210. The molecular formula is C22H20ClN5O4S. The summed E-state index contributed by atoms with van der Waals surface area (Å²) in [4.78, 5) is 35.5. The number of nitrogens with zero attached hydrogens (tertiary/aromatic N) is 4. The first-order chi connectivity index (χ1) is 15.8. The molecule has 170 valence electrons. The lowest BCUT2D eigenvalue weighted by atomic mass is 10.1. The number of carbonyl (C=O) groups is 2. The van der Waals surface area contributed by atoms with Crippen LogP contribution in [0, 0.1) is 10.1 Å². The van der Waals surface area contributed by atoms with E-state index in [2.05, 4.69) is 22.1 Å². The average molecular weight is 486 g/mol. The molecular weight excluding hydrogens is 466 g/mol. The Morgan fingerprint density at radius 3 is 2.67 bits per heavy atom. The van der Waals surface area contributed by atoms with E-state index in [1.54, 1.807) is 41.8 Å². The van der Waals surface area contributed by atoms with Crippen molar-refractivity contribution in [2.75, 3.05) is 5.75 Å². The van der Waals surface area contributed by atoms with Crippen LogP contribution in [0.2, 0.25) is 5.02 Å². The number of nitro benzene ring substituents is 1. The third-order valence-corrected chi connectivity index (χ3v) is 5.79. The van der Waals surface area contributed by atoms with Crippen LogP contribution in [0.4, 0.5) is 5.69 Å². The highest BCUT2D eigenvalue weighted by atomic mass is 35.5. The molecule has 0 fully saturated rings. The zero-order chi connectivity index (χ0) is 24.0. The van der Waals surface area contributed by atoms with Crippen LogP contribution in [-0.2, 0) is 6.54 Å². The third kappa shape index (κ3) is 6.05. The Morgan fingerprint density at radius 2 is 1.97 bits per heavy atom. The molecule has 0 saturated carbocycles. The van der Waals surface area contributed by atoms with Crippen LogP contribution in [0.15, 0.2) is 66.3 Å². The quantitative estimate of drug-likeness (QED) is 0.148. The van der Waals surface area contributed by atoms with Gasteiger partial charge in [-0.05, 0) is 25.1 Å². The highest BCUT2D eigenvalue weighted by Crippen LogP contribution is 2.23. The predicted molar refractivity (Wildman–Crippen MR) is 126 cm³/mol. The van der Waals surface area contributed by atoms with Crippen LogP contribution < -0.4 is 5.32 Å². The summed E-state index contributed by atoms with van der Waals surface area (Å²) in [7, 11) is 0. The lowest BCUT2D eigenvalue weighted by Gasteiger charge is -2.15. The van der Waals surface area contributed by atoms with Gasteiger partial charge in [0.05, 0.1) is 16.7 Å². The van der Waals surface area contributed by atoms with E-state index in [9.17, 15) is 19.7 Å². The molecule has 3 aromatic rings. The van der Waals surface area contributed by atoms with Gasteiger partial charge in [0.25, 0.3) is 11.6 Å². The van der Waals surface area contributed by atoms with Crippen molar-refractivity contribution in [3.05, 3.63) is 93.3 Å². The number of halogens is 1. The number of carbonyl (C=O) groups excluding carboxylic acids is 2. The standard InChI is InChI=1S/C22H20ClN5O4S/c1-3-10-27-20(14(2)24-21(30)16-7-4-8-17(23)11-16)25-26-22(27)33-13-19(29)15-6-5-9-18(12-15)28(31)32/h3-9,11-12,14H,1,10,13H2,2H3,(H,24,30). The number of hydrogen-bond donors (Lipinski definition) is 1. The van der Waals surface area contributed by atoms with Crippen molar-refractivity contribution in [1.82, 2.24) is 20.1 Å². The van der Waals surface area contributed by atoms with Gasteiger partial charge in [-0.3, -0.25) is 19.7 Å². The van der Waals surface area contributed by atoms with Crippen LogP contribution in [0.5, 0.6) is 0 Å². The molecule has 0 spiro atoms. The minimum atomic E-state index is -0.546. The van der Waals surface area contributed by atoms with E-state index >= 15 is 0 Å². The van der Waals surface area contributed by atoms with Gasteiger partial charge in [-0.25, -0.2) is 0 Å². The second-order valence-electron chi connectivity index (χ2n) is 6.96. The highest BCUT2D eigenvalue weighted by Gasteiger charge is 2.21. The summed E-state index contributed by atoms with van der Waals surface area (Å²) in [6.45, 7) is 5.89. The number of benzene rings is 2. The molecule has 0 aliphatic carbocycles. The molecule has 0 radical (unpaired) electrons. The van der Waals surface area contributed by atoms with E-state index in [1.807, 2.05) is 0 Å². The zero-order valence-corrected chi connectivity index (χ0v) is 19.2. The lowest BCUT2D eigenvalue weighted by Crippen LogP contribution is -2.28. The Labute approximate surface area is 199 Å². The summed E-state index contributed by atoms with van der Waals surface area (Å²) in [6, 6.07) is 11.7. The lowest BCUT2D eigenvalue weighted by molar-refractivity contribution is -0.384. The summed E-state index contributed by atoms with van der Waals surface area (Å²) in [5.74, 6) is -0.0795. The Kier molecular flexibility index (Phi) is 7.96. The fourth-order valence-corrected chi connectivity index (χ4v) is 4.05. The summed E-state index contributed by atoms with van der Waals surface area (Å²) < 4.78 is 1.75. The van der Waals surface area contributed by atoms with E-state index in [-0.39, 0.29) is 28.7 Å². The molecule has 9 nitrogen and oxygen atoms in total. The number of thioether (sulfide) groups is 1. The van der Waals surface area contributed by atoms with E-state index < -0.39 is 11.0 Å². The van der Waals surface area contributed by atoms with Crippen molar-refractivity contribution in [3.63, 3.8) is 0 Å². The van der Waals surface area contributed by atoms with Crippen LogP contribution in [0.3, 0.4) is 0 Å². The summed E-state index contributed by atoms with van der Waals surface area (Å²) >= 11 is 7.11. The summed E-state index contributed by atoms with van der Waals surface area (Å²) in [5, 5.41) is 23.1. The predicted octanol–water partition coefficient (Wildman–Crippen LogP) is 4.49. The van der Waals surface area contributed by atoms with Crippen molar-refractivity contribution < 1.29 is 14.5 Å². The number of amides is 1. The van der Waals surface area contributed by atoms with Crippen molar-refractivity contribution >= 4 is 40.7 Å². The van der Waals surface area contributed by atoms with E-state index in [0.717, 1.165) is 11.8 Å².